The average Bonchev–Trinajstić information content (AvgIpc) is 2.85. The van der Waals surface area contributed by atoms with Crippen molar-refractivity contribution in [2.75, 3.05) is 24.5 Å². The topological polar surface area (TPSA) is 70.7 Å². The Morgan fingerprint density at radius 3 is 2.62 bits per heavy atom. The zero-order valence-corrected chi connectivity index (χ0v) is 18.5. The zero-order valence-electron chi connectivity index (χ0n) is 18.5. The third kappa shape index (κ3) is 5.95. The quantitative estimate of drug-likeness (QED) is 0.512. The molecule has 1 fully saturated rings. The van der Waals surface area contributed by atoms with Gasteiger partial charge in [0.2, 0.25) is 0 Å². The molecule has 2 aromatic carbocycles. The molecule has 0 aromatic heterocycles. The largest absolute Gasteiger partial charge is 0.383 e. The van der Waals surface area contributed by atoms with E-state index >= 15 is 0 Å². The second kappa shape index (κ2) is 10.9. The van der Waals surface area contributed by atoms with Crippen LogP contribution in [0.1, 0.15) is 36.8 Å². The summed E-state index contributed by atoms with van der Waals surface area (Å²) in [6, 6.07) is 18.6. The predicted molar refractivity (Wildman–Crippen MR) is 132 cm³/mol. The number of nitrogens with two attached hydrogens (primary N) is 1. The minimum atomic E-state index is -0.102. The Bertz CT molecular complexity index is 1000. The van der Waals surface area contributed by atoms with E-state index in [0.29, 0.717) is 5.84 Å². The van der Waals surface area contributed by atoms with Crippen LogP contribution in [0.25, 0.3) is 0 Å². The molecule has 1 aliphatic heterocycles. The number of aliphatic imine (C=N–C) groups is 1. The summed E-state index contributed by atoms with van der Waals surface area (Å²) in [5.41, 5.74) is 10.8. The first-order valence-corrected chi connectivity index (χ1v) is 11.5. The molecule has 1 aliphatic carbocycles. The molecule has 1 saturated heterocycles. The number of carbonyl (C=O) groups excluding carboxylic acids is 1. The van der Waals surface area contributed by atoms with Crippen molar-refractivity contribution in [3.63, 3.8) is 0 Å². The SMILES string of the molecule is NC(=NC(=O)C1CCNCC1)c1cccc(N(CC2=CC=CCC2)Cc2ccccc2)c1. The summed E-state index contributed by atoms with van der Waals surface area (Å²) >= 11 is 0. The molecule has 0 radical (unpaired) electrons. The number of nitrogens with zero attached hydrogens (tertiary/aromatic N) is 2. The lowest BCUT2D eigenvalue weighted by Crippen LogP contribution is -2.32. The maximum Gasteiger partial charge on any atom is 0.250 e. The van der Waals surface area contributed by atoms with E-state index < -0.39 is 0 Å². The van der Waals surface area contributed by atoms with Crippen molar-refractivity contribution < 1.29 is 4.79 Å². The molecule has 166 valence electrons. The smallest absolute Gasteiger partial charge is 0.250 e. The van der Waals surface area contributed by atoms with Crippen LogP contribution in [-0.2, 0) is 11.3 Å². The average molecular weight is 429 g/mol. The Hall–Kier alpha value is -3.18. The first-order chi connectivity index (χ1) is 15.7. The molecule has 5 nitrogen and oxygen atoms in total. The molecule has 0 atom stereocenters. The Morgan fingerprint density at radius 1 is 1.06 bits per heavy atom. The van der Waals surface area contributed by atoms with Gasteiger partial charge >= 0.3 is 0 Å². The molecule has 5 heteroatoms. The van der Waals surface area contributed by atoms with Crippen LogP contribution < -0.4 is 16.0 Å². The monoisotopic (exact) mass is 428 g/mol. The molecule has 0 bridgehead atoms. The molecular formula is C27H32N4O. The number of allylic oxidation sites excluding steroid dienone is 3. The van der Waals surface area contributed by atoms with Crippen LogP contribution in [0.4, 0.5) is 5.69 Å². The minimum Gasteiger partial charge on any atom is -0.383 e. The first-order valence-electron chi connectivity index (χ1n) is 11.5. The van der Waals surface area contributed by atoms with Crippen molar-refractivity contribution in [3.05, 3.63) is 89.5 Å². The van der Waals surface area contributed by atoms with E-state index in [1.54, 1.807) is 0 Å². The predicted octanol–water partition coefficient (Wildman–Crippen LogP) is 4.20. The number of anilines is 1. The lowest BCUT2D eigenvalue weighted by atomic mass is 9.97. The number of nitrogens with one attached hydrogen (secondary N) is 1. The first kappa shape index (κ1) is 22.0. The van der Waals surface area contributed by atoms with Crippen molar-refractivity contribution in [2.24, 2.45) is 16.6 Å². The highest BCUT2D eigenvalue weighted by Crippen LogP contribution is 2.23. The number of rotatable bonds is 7. The Labute approximate surface area is 190 Å². The molecule has 0 saturated carbocycles. The third-order valence-corrected chi connectivity index (χ3v) is 6.14. The summed E-state index contributed by atoms with van der Waals surface area (Å²) in [6.45, 7) is 3.38. The summed E-state index contributed by atoms with van der Waals surface area (Å²) in [7, 11) is 0. The summed E-state index contributed by atoms with van der Waals surface area (Å²) in [4.78, 5) is 19.2. The van der Waals surface area contributed by atoms with Crippen LogP contribution in [0.15, 0.2) is 83.4 Å². The van der Waals surface area contributed by atoms with Crippen LogP contribution in [0, 0.1) is 5.92 Å². The van der Waals surface area contributed by atoms with E-state index in [1.165, 1.54) is 11.1 Å². The Morgan fingerprint density at radius 2 is 1.88 bits per heavy atom. The summed E-state index contributed by atoms with van der Waals surface area (Å²) < 4.78 is 0. The minimum absolute atomic E-state index is 0.0288. The van der Waals surface area contributed by atoms with E-state index in [9.17, 15) is 4.79 Å². The van der Waals surface area contributed by atoms with Gasteiger partial charge in [0, 0.05) is 30.3 Å². The molecule has 2 aromatic rings. The standard InChI is InChI=1S/C27H32N4O/c28-26(30-27(32)23-14-16-29-17-15-23)24-12-7-13-25(18-24)31(19-21-8-3-1-4-9-21)20-22-10-5-2-6-11-22/h1-5,7-10,12-13,18,23,29H,6,11,14-17,19-20H2,(H2,28,30,32). The molecule has 1 amide bonds. The molecule has 0 spiro atoms. The lowest BCUT2D eigenvalue weighted by molar-refractivity contribution is -0.122. The van der Waals surface area contributed by atoms with Crippen LogP contribution in [-0.4, -0.2) is 31.4 Å². The van der Waals surface area contributed by atoms with Gasteiger partial charge in [-0.25, -0.2) is 0 Å². The number of amides is 1. The van der Waals surface area contributed by atoms with Gasteiger partial charge in [-0.3, -0.25) is 4.79 Å². The number of hydrogen-bond acceptors (Lipinski definition) is 3. The van der Waals surface area contributed by atoms with Crippen molar-refractivity contribution >= 4 is 17.4 Å². The maximum absolute atomic E-state index is 12.6. The molecule has 32 heavy (non-hydrogen) atoms. The number of piperidine rings is 1. The fourth-order valence-corrected chi connectivity index (χ4v) is 4.28. The van der Waals surface area contributed by atoms with Gasteiger partial charge in [-0.2, -0.15) is 4.99 Å². The van der Waals surface area contributed by atoms with Crippen LogP contribution in [0.3, 0.4) is 0 Å². The van der Waals surface area contributed by atoms with Crippen molar-refractivity contribution in [1.82, 2.24) is 5.32 Å². The van der Waals surface area contributed by atoms with Crippen molar-refractivity contribution in [3.8, 4) is 0 Å². The zero-order chi connectivity index (χ0) is 22.2. The van der Waals surface area contributed by atoms with Gasteiger partial charge in [0.25, 0.3) is 5.91 Å². The van der Waals surface area contributed by atoms with E-state index in [4.69, 9.17) is 5.73 Å². The molecule has 4 rings (SSSR count). The highest BCUT2D eigenvalue weighted by molar-refractivity contribution is 6.05. The van der Waals surface area contributed by atoms with E-state index in [0.717, 1.165) is 63.1 Å². The van der Waals surface area contributed by atoms with E-state index in [-0.39, 0.29) is 11.8 Å². The van der Waals surface area contributed by atoms with Crippen LogP contribution >= 0.6 is 0 Å². The van der Waals surface area contributed by atoms with Crippen LogP contribution in [0.5, 0.6) is 0 Å². The Kier molecular flexibility index (Phi) is 7.51. The van der Waals surface area contributed by atoms with E-state index in [1.807, 2.05) is 18.2 Å². The fraction of sp³-hybridized carbons (Fsp3) is 0.333. The van der Waals surface area contributed by atoms with Gasteiger partial charge in [-0.1, -0.05) is 66.3 Å². The molecule has 1 heterocycles. The molecular weight excluding hydrogens is 396 g/mol. The number of benzene rings is 2. The maximum atomic E-state index is 12.6. The second-order valence-corrected chi connectivity index (χ2v) is 8.54. The van der Waals surface area contributed by atoms with Gasteiger partial charge < -0.3 is 16.0 Å². The van der Waals surface area contributed by atoms with Gasteiger partial charge in [-0.15, -0.1) is 0 Å². The number of carbonyl (C=O) groups is 1. The number of amidine groups is 1. The van der Waals surface area contributed by atoms with Gasteiger partial charge in [0.1, 0.15) is 5.84 Å². The highest BCUT2D eigenvalue weighted by atomic mass is 16.1. The van der Waals surface area contributed by atoms with E-state index in [2.05, 4.69) is 69.8 Å². The van der Waals surface area contributed by atoms with Crippen molar-refractivity contribution in [2.45, 2.75) is 32.2 Å². The lowest BCUT2D eigenvalue weighted by Gasteiger charge is -2.27. The molecule has 3 N–H and O–H groups in total. The normalized spacial score (nSPS) is 17.1. The van der Waals surface area contributed by atoms with Gasteiger partial charge in [-0.05, 0) is 56.5 Å². The number of hydrogen-bond donors (Lipinski definition) is 2. The fourth-order valence-electron chi connectivity index (χ4n) is 4.28. The van der Waals surface area contributed by atoms with Gasteiger partial charge in [0.15, 0.2) is 0 Å². The highest BCUT2D eigenvalue weighted by Gasteiger charge is 2.21. The summed E-state index contributed by atoms with van der Waals surface area (Å²) in [5, 5.41) is 3.28. The van der Waals surface area contributed by atoms with Crippen LogP contribution in [0.2, 0.25) is 0 Å². The summed E-state index contributed by atoms with van der Waals surface area (Å²) in [5.74, 6) is 0.170. The Balaban J connectivity index is 1.56. The molecule has 2 aliphatic rings. The summed E-state index contributed by atoms with van der Waals surface area (Å²) in [6.07, 6.45) is 10.4. The van der Waals surface area contributed by atoms with Gasteiger partial charge in [0.05, 0.1) is 0 Å². The third-order valence-electron chi connectivity index (χ3n) is 6.14. The van der Waals surface area contributed by atoms with Crippen molar-refractivity contribution in [1.29, 1.82) is 0 Å². The second-order valence-electron chi connectivity index (χ2n) is 8.54. The molecule has 0 unspecified atom stereocenters.